The number of pyridine rings is 2. The predicted molar refractivity (Wildman–Crippen MR) is 145 cm³/mol. The number of piperidine rings is 1. The van der Waals surface area contributed by atoms with Gasteiger partial charge in [-0.25, -0.2) is 9.37 Å². The van der Waals surface area contributed by atoms with Crippen LogP contribution in [0.25, 0.3) is 11.3 Å². The van der Waals surface area contributed by atoms with Gasteiger partial charge in [-0.15, -0.1) is 0 Å². The van der Waals surface area contributed by atoms with Gasteiger partial charge in [0.05, 0.1) is 34.5 Å². The van der Waals surface area contributed by atoms with Crippen LogP contribution < -0.4 is 20.3 Å². The fourth-order valence-corrected chi connectivity index (χ4v) is 5.11. The Hall–Kier alpha value is -3.73. The number of hydrogen-bond acceptors (Lipinski definition) is 6. The van der Waals surface area contributed by atoms with Gasteiger partial charge in [0.15, 0.2) is 0 Å². The van der Waals surface area contributed by atoms with E-state index >= 15 is 0 Å². The first-order valence-corrected chi connectivity index (χ1v) is 13.2. The highest BCUT2D eigenvalue weighted by Crippen LogP contribution is 2.40. The molecule has 1 aliphatic rings. The molecular weight excluding hydrogens is 526 g/mol. The molecule has 0 aliphatic carbocycles. The van der Waals surface area contributed by atoms with Gasteiger partial charge >= 0.3 is 6.18 Å². The van der Waals surface area contributed by atoms with Gasteiger partial charge in [-0.1, -0.05) is 6.07 Å². The Labute approximate surface area is 231 Å². The smallest absolute Gasteiger partial charge is 0.416 e. The zero-order valence-corrected chi connectivity index (χ0v) is 22.7. The van der Waals surface area contributed by atoms with Gasteiger partial charge in [0.1, 0.15) is 5.82 Å². The van der Waals surface area contributed by atoms with Crippen LogP contribution >= 0.6 is 0 Å². The lowest BCUT2D eigenvalue weighted by Gasteiger charge is -2.42. The van der Waals surface area contributed by atoms with Gasteiger partial charge in [-0.3, -0.25) is 9.78 Å². The first-order chi connectivity index (χ1) is 19.1. The Bertz CT molecular complexity index is 1310. The number of benzene rings is 1. The van der Waals surface area contributed by atoms with Crippen molar-refractivity contribution in [1.82, 2.24) is 20.6 Å². The number of aromatic nitrogens is 2. The van der Waals surface area contributed by atoms with Crippen LogP contribution in [0.5, 0.6) is 5.88 Å². The maximum Gasteiger partial charge on any atom is 0.416 e. The number of anilines is 1. The molecule has 1 atom stereocenters. The van der Waals surface area contributed by atoms with Crippen molar-refractivity contribution in [3.05, 3.63) is 71.8 Å². The minimum atomic E-state index is -4.63. The summed E-state index contributed by atoms with van der Waals surface area (Å²) in [6.45, 7) is 5.34. The number of rotatable bonds is 9. The normalized spacial score (nSPS) is 15.9. The van der Waals surface area contributed by atoms with Crippen molar-refractivity contribution in [2.24, 2.45) is 0 Å². The van der Waals surface area contributed by atoms with E-state index in [1.165, 1.54) is 0 Å². The number of likely N-dealkylation sites (N-methyl/N-ethyl adjacent to an activating group) is 1. The summed E-state index contributed by atoms with van der Waals surface area (Å²) in [6, 6.07) is 9.74. The first kappa shape index (κ1) is 29.3. The standard InChI is InChI=1S/C29H33F4N5O2/c1-4-40-26-22(6-5-13-35-26)24-9-7-21(18-36-24)28(27(39)37-19(2)17-34-3)11-14-38(15-12-28)25-10-8-20(16-23(25)30)29(31,32)33/h5-10,13,16,18-19,34H,4,11-12,14-15,17H2,1-3H3,(H,37,39)/t19-/m0/s1. The molecule has 4 rings (SSSR count). The Morgan fingerprint density at radius 3 is 2.50 bits per heavy atom. The van der Waals surface area contributed by atoms with E-state index in [-0.39, 0.29) is 30.7 Å². The van der Waals surface area contributed by atoms with Crippen LogP contribution in [0.15, 0.2) is 54.9 Å². The van der Waals surface area contributed by atoms with Crippen LogP contribution in [0.4, 0.5) is 23.2 Å². The number of nitrogens with one attached hydrogen (secondary N) is 2. The molecule has 1 aliphatic heterocycles. The minimum Gasteiger partial charge on any atom is -0.477 e. The van der Waals surface area contributed by atoms with E-state index in [4.69, 9.17) is 4.74 Å². The zero-order valence-electron chi connectivity index (χ0n) is 22.7. The molecule has 0 saturated carbocycles. The first-order valence-electron chi connectivity index (χ1n) is 13.2. The van der Waals surface area contributed by atoms with E-state index in [0.29, 0.717) is 49.2 Å². The average Bonchev–Trinajstić information content (AvgIpc) is 2.93. The fourth-order valence-electron chi connectivity index (χ4n) is 5.11. The van der Waals surface area contributed by atoms with Gasteiger partial charge in [-0.05, 0) is 75.7 Å². The maximum atomic E-state index is 14.7. The summed E-state index contributed by atoms with van der Waals surface area (Å²) in [5, 5.41) is 6.12. The second-order valence-electron chi connectivity index (χ2n) is 9.89. The quantitative estimate of drug-likeness (QED) is 0.361. The highest BCUT2D eigenvalue weighted by molar-refractivity contribution is 5.89. The molecule has 0 unspecified atom stereocenters. The molecule has 0 spiro atoms. The molecule has 0 bridgehead atoms. The molecule has 2 aromatic heterocycles. The second kappa shape index (κ2) is 12.2. The number of carbonyl (C=O) groups excluding carboxylic acids is 1. The summed E-state index contributed by atoms with van der Waals surface area (Å²) >= 11 is 0. The number of alkyl halides is 3. The molecule has 7 nitrogen and oxygen atoms in total. The number of nitrogens with zero attached hydrogens (tertiary/aromatic N) is 3. The lowest BCUT2D eigenvalue weighted by Crippen LogP contribution is -2.54. The Morgan fingerprint density at radius 1 is 1.15 bits per heavy atom. The molecule has 11 heteroatoms. The van der Waals surface area contributed by atoms with Crippen LogP contribution in [0.2, 0.25) is 0 Å². The molecule has 3 heterocycles. The molecule has 1 amide bonds. The van der Waals surface area contributed by atoms with Gasteiger partial charge < -0.3 is 20.3 Å². The molecule has 40 heavy (non-hydrogen) atoms. The Balaban J connectivity index is 1.62. The van der Waals surface area contributed by atoms with Gasteiger partial charge in [-0.2, -0.15) is 13.2 Å². The summed E-state index contributed by atoms with van der Waals surface area (Å²) in [5.41, 5.74) is 0.168. The van der Waals surface area contributed by atoms with Crippen LogP contribution in [0.1, 0.15) is 37.8 Å². The summed E-state index contributed by atoms with van der Waals surface area (Å²) in [7, 11) is 1.80. The van der Waals surface area contributed by atoms with E-state index in [1.807, 2.05) is 32.0 Å². The third kappa shape index (κ3) is 6.19. The van der Waals surface area contributed by atoms with E-state index in [9.17, 15) is 22.4 Å². The Kier molecular flexibility index (Phi) is 8.92. The topological polar surface area (TPSA) is 79.4 Å². The maximum absolute atomic E-state index is 14.7. The number of amides is 1. The largest absolute Gasteiger partial charge is 0.477 e. The number of halogens is 4. The molecule has 0 radical (unpaired) electrons. The monoisotopic (exact) mass is 559 g/mol. The molecule has 214 valence electrons. The van der Waals surface area contributed by atoms with E-state index in [1.54, 1.807) is 30.4 Å². The van der Waals surface area contributed by atoms with Crippen molar-refractivity contribution >= 4 is 11.6 Å². The second-order valence-corrected chi connectivity index (χ2v) is 9.89. The number of hydrogen-bond donors (Lipinski definition) is 2. The molecule has 1 fully saturated rings. The predicted octanol–water partition coefficient (Wildman–Crippen LogP) is 4.96. The Morgan fingerprint density at radius 2 is 1.90 bits per heavy atom. The van der Waals surface area contributed by atoms with Crippen molar-refractivity contribution < 1.29 is 27.1 Å². The van der Waals surface area contributed by atoms with Crippen molar-refractivity contribution in [3.8, 4) is 17.1 Å². The summed E-state index contributed by atoms with van der Waals surface area (Å²) in [6.07, 6.45) is -0.666. The molecule has 1 aromatic carbocycles. The van der Waals surface area contributed by atoms with Crippen molar-refractivity contribution in [2.45, 2.75) is 44.3 Å². The summed E-state index contributed by atoms with van der Waals surface area (Å²) in [5.74, 6) is -0.652. The SMILES string of the molecule is CCOc1ncccc1-c1ccc(C2(C(=O)N[C@@H](C)CNC)CCN(c3ccc(C(F)(F)F)cc3F)CC2)cn1. The van der Waals surface area contributed by atoms with E-state index < -0.39 is 23.0 Å². The highest BCUT2D eigenvalue weighted by atomic mass is 19.4. The lowest BCUT2D eigenvalue weighted by atomic mass is 9.72. The van der Waals surface area contributed by atoms with E-state index in [0.717, 1.165) is 17.7 Å². The molecule has 3 aromatic rings. The third-order valence-electron chi connectivity index (χ3n) is 7.20. The van der Waals surface area contributed by atoms with E-state index in [2.05, 4.69) is 20.6 Å². The summed E-state index contributed by atoms with van der Waals surface area (Å²) < 4.78 is 59.5. The fraction of sp³-hybridized carbons (Fsp3) is 0.414. The molecule has 2 N–H and O–H groups in total. The highest BCUT2D eigenvalue weighted by Gasteiger charge is 2.44. The zero-order chi connectivity index (χ0) is 28.9. The third-order valence-corrected chi connectivity index (χ3v) is 7.20. The van der Waals surface area contributed by atoms with Crippen LogP contribution in [0, 0.1) is 5.82 Å². The van der Waals surface area contributed by atoms with Crippen LogP contribution in [0.3, 0.4) is 0 Å². The van der Waals surface area contributed by atoms with Gasteiger partial charge in [0.2, 0.25) is 11.8 Å². The van der Waals surface area contributed by atoms with Gasteiger partial charge in [0.25, 0.3) is 0 Å². The molecular formula is C29H33F4N5O2. The van der Waals surface area contributed by atoms with Crippen molar-refractivity contribution in [1.29, 1.82) is 0 Å². The van der Waals surface area contributed by atoms with Crippen LogP contribution in [-0.2, 0) is 16.4 Å². The lowest BCUT2D eigenvalue weighted by molar-refractivity contribution is -0.137. The summed E-state index contributed by atoms with van der Waals surface area (Å²) in [4.78, 5) is 24.4. The average molecular weight is 560 g/mol. The number of carbonyl (C=O) groups is 1. The molecule has 1 saturated heterocycles. The van der Waals surface area contributed by atoms with Crippen molar-refractivity contribution in [2.75, 3.05) is 38.2 Å². The van der Waals surface area contributed by atoms with Crippen molar-refractivity contribution in [3.63, 3.8) is 0 Å². The van der Waals surface area contributed by atoms with Crippen LogP contribution in [-0.4, -0.2) is 55.2 Å². The van der Waals surface area contributed by atoms with Gasteiger partial charge in [0, 0.05) is 38.1 Å². The minimum absolute atomic E-state index is 0.0825. The number of ether oxygens (including phenoxy) is 1.